The maximum absolute atomic E-state index is 13.8. The number of nitrogen functional groups attached to an aromatic ring is 1. The van der Waals surface area contributed by atoms with Crippen molar-refractivity contribution in [2.75, 3.05) is 10.6 Å². The highest BCUT2D eigenvalue weighted by Gasteiger charge is 2.25. The summed E-state index contributed by atoms with van der Waals surface area (Å²) in [7, 11) is 0. The van der Waals surface area contributed by atoms with Gasteiger partial charge in [-0.2, -0.15) is 0 Å². The molecule has 4 aromatic rings. The molecule has 0 radical (unpaired) electrons. The van der Waals surface area contributed by atoms with E-state index in [-0.39, 0.29) is 24.0 Å². The number of nitrogens with one attached hydrogen (secondary N) is 1. The number of amides is 1. The minimum absolute atomic E-state index is 0.0170. The number of hydrogen-bond donors (Lipinski definition) is 2. The number of benzene rings is 2. The van der Waals surface area contributed by atoms with Crippen molar-refractivity contribution in [3.8, 4) is 5.69 Å². The first-order valence-electron chi connectivity index (χ1n) is 12.1. The van der Waals surface area contributed by atoms with Gasteiger partial charge in [-0.1, -0.05) is 43.7 Å². The number of nitrogens with two attached hydrogens (primary N) is 1. The van der Waals surface area contributed by atoms with E-state index in [2.05, 4.69) is 9.55 Å². The van der Waals surface area contributed by atoms with Gasteiger partial charge in [-0.25, -0.2) is 4.79 Å². The first-order valence-corrected chi connectivity index (χ1v) is 12.1. The van der Waals surface area contributed by atoms with Crippen LogP contribution in [0.3, 0.4) is 0 Å². The van der Waals surface area contributed by atoms with E-state index in [1.165, 1.54) is 9.47 Å². The Kier molecular flexibility index (Phi) is 7.24. The molecule has 8 nitrogen and oxygen atoms in total. The molecular formula is C28H31N5O3. The molecule has 0 unspecified atom stereocenters. The van der Waals surface area contributed by atoms with Crippen LogP contribution in [0.15, 0.2) is 76.3 Å². The maximum atomic E-state index is 13.8. The number of nitrogens with zero attached hydrogens (tertiary/aromatic N) is 3. The zero-order valence-corrected chi connectivity index (χ0v) is 20.8. The van der Waals surface area contributed by atoms with Crippen LogP contribution in [0.1, 0.15) is 47.1 Å². The Morgan fingerprint density at radius 1 is 0.944 bits per heavy atom. The average Bonchev–Trinajstić information content (AvgIpc) is 3.21. The molecule has 0 aliphatic rings. The van der Waals surface area contributed by atoms with Gasteiger partial charge in [0.05, 0.1) is 6.54 Å². The van der Waals surface area contributed by atoms with Gasteiger partial charge in [0.1, 0.15) is 5.82 Å². The standard InChI is InChI=1S/C28H31N5O3/c1-4-5-17-31-25(29)24(26(34)30-28(31)36)32(18-21-9-7-6-8-10-21)27(35)22-13-15-23(16-14-22)33-19(2)11-12-20(33)3/h6-16H,4-5,17-18,29H2,1-3H3,(H,30,34,36). The lowest BCUT2D eigenvalue weighted by Gasteiger charge is -2.25. The number of anilines is 2. The molecule has 2 aromatic heterocycles. The van der Waals surface area contributed by atoms with Crippen LogP contribution in [0.4, 0.5) is 11.5 Å². The number of H-pyrrole nitrogens is 1. The summed E-state index contributed by atoms with van der Waals surface area (Å²) in [6.07, 6.45) is 1.56. The van der Waals surface area contributed by atoms with Gasteiger partial charge in [0.15, 0.2) is 5.69 Å². The van der Waals surface area contributed by atoms with Crippen LogP contribution in [0.5, 0.6) is 0 Å². The first-order chi connectivity index (χ1) is 17.3. The van der Waals surface area contributed by atoms with Crippen LogP contribution in [-0.2, 0) is 13.1 Å². The SMILES string of the molecule is CCCCn1c(N)c(N(Cc2ccccc2)C(=O)c2ccc(-n3c(C)ccc3C)cc2)c(=O)[nH]c1=O. The van der Waals surface area contributed by atoms with Crippen LogP contribution in [0, 0.1) is 13.8 Å². The predicted octanol–water partition coefficient (Wildman–Crippen LogP) is 4.17. The Labute approximate surface area is 209 Å². The number of hydrogen-bond acceptors (Lipinski definition) is 4. The summed E-state index contributed by atoms with van der Waals surface area (Å²) >= 11 is 0. The van der Waals surface area contributed by atoms with Gasteiger partial charge in [0.25, 0.3) is 11.5 Å². The number of aromatic nitrogens is 3. The molecule has 0 fully saturated rings. The Bertz CT molecular complexity index is 1460. The van der Waals surface area contributed by atoms with Crippen LogP contribution < -0.4 is 21.9 Å². The van der Waals surface area contributed by atoms with Crippen molar-refractivity contribution in [2.24, 2.45) is 0 Å². The number of aromatic amines is 1. The fraction of sp³-hybridized carbons (Fsp3) is 0.250. The van der Waals surface area contributed by atoms with Gasteiger partial charge >= 0.3 is 5.69 Å². The van der Waals surface area contributed by atoms with Crippen molar-refractivity contribution < 1.29 is 4.79 Å². The van der Waals surface area contributed by atoms with E-state index >= 15 is 0 Å². The summed E-state index contributed by atoms with van der Waals surface area (Å²) < 4.78 is 3.43. The van der Waals surface area contributed by atoms with Crippen molar-refractivity contribution in [3.05, 3.63) is 110 Å². The average molecular weight is 486 g/mol. The van der Waals surface area contributed by atoms with E-state index in [1.807, 2.05) is 75.4 Å². The molecule has 0 spiro atoms. The highest BCUT2D eigenvalue weighted by Crippen LogP contribution is 2.24. The highest BCUT2D eigenvalue weighted by molar-refractivity contribution is 6.07. The summed E-state index contributed by atoms with van der Waals surface area (Å²) in [6.45, 7) is 6.52. The Hall–Kier alpha value is -4.33. The molecule has 1 amide bonds. The molecule has 0 saturated carbocycles. The Balaban J connectivity index is 1.79. The lowest BCUT2D eigenvalue weighted by atomic mass is 10.1. The first kappa shape index (κ1) is 24.8. The molecule has 186 valence electrons. The van der Waals surface area contributed by atoms with Gasteiger partial charge in [-0.05, 0) is 62.2 Å². The largest absolute Gasteiger partial charge is 0.383 e. The van der Waals surface area contributed by atoms with Crippen molar-refractivity contribution in [1.82, 2.24) is 14.1 Å². The lowest BCUT2D eigenvalue weighted by molar-refractivity contribution is 0.0984. The van der Waals surface area contributed by atoms with Crippen LogP contribution >= 0.6 is 0 Å². The highest BCUT2D eigenvalue weighted by atomic mass is 16.2. The van der Waals surface area contributed by atoms with Crippen LogP contribution in [0.2, 0.25) is 0 Å². The Morgan fingerprint density at radius 2 is 1.58 bits per heavy atom. The minimum Gasteiger partial charge on any atom is -0.383 e. The normalized spacial score (nSPS) is 11.0. The lowest BCUT2D eigenvalue weighted by Crippen LogP contribution is -2.41. The smallest absolute Gasteiger partial charge is 0.330 e. The van der Waals surface area contributed by atoms with E-state index in [4.69, 9.17) is 5.73 Å². The van der Waals surface area contributed by atoms with Crippen LogP contribution in [-0.4, -0.2) is 20.0 Å². The Morgan fingerprint density at radius 3 is 2.19 bits per heavy atom. The van der Waals surface area contributed by atoms with E-state index < -0.39 is 11.2 Å². The predicted molar refractivity (Wildman–Crippen MR) is 143 cm³/mol. The third-order valence-corrected chi connectivity index (χ3v) is 6.29. The second-order valence-corrected chi connectivity index (χ2v) is 8.87. The molecule has 0 bridgehead atoms. The number of rotatable bonds is 8. The molecule has 36 heavy (non-hydrogen) atoms. The third-order valence-electron chi connectivity index (χ3n) is 6.29. The van der Waals surface area contributed by atoms with Gasteiger partial charge in [-0.3, -0.25) is 24.0 Å². The summed E-state index contributed by atoms with van der Waals surface area (Å²) in [5, 5.41) is 0. The molecule has 2 aromatic carbocycles. The summed E-state index contributed by atoms with van der Waals surface area (Å²) in [4.78, 5) is 43.0. The van der Waals surface area contributed by atoms with Gasteiger partial charge < -0.3 is 10.3 Å². The van der Waals surface area contributed by atoms with Gasteiger partial charge in [0, 0.05) is 29.2 Å². The summed E-state index contributed by atoms with van der Waals surface area (Å²) in [6, 6.07) is 20.7. The van der Waals surface area contributed by atoms with Crippen molar-refractivity contribution in [2.45, 2.75) is 46.7 Å². The van der Waals surface area contributed by atoms with Gasteiger partial charge in [0.2, 0.25) is 0 Å². The summed E-state index contributed by atoms with van der Waals surface area (Å²) in [5.41, 5.74) is 9.41. The molecule has 0 saturated heterocycles. The summed E-state index contributed by atoms with van der Waals surface area (Å²) in [5.74, 6) is -0.402. The molecule has 0 aliphatic carbocycles. The van der Waals surface area contributed by atoms with Crippen molar-refractivity contribution >= 4 is 17.4 Å². The minimum atomic E-state index is -0.690. The second kappa shape index (κ2) is 10.5. The van der Waals surface area contributed by atoms with Crippen molar-refractivity contribution in [1.29, 1.82) is 0 Å². The fourth-order valence-electron chi connectivity index (χ4n) is 4.38. The van der Waals surface area contributed by atoms with E-state index in [9.17, 15) is 14.4 Å². The van der Waals surface area contributed by atoms with Gasteiger partial charge in [-0.15, -0.1) is 0 Å². The number of carbonyl (C=O) groups excluding carboxylic acids is 1. The molecule has 0 atom stereocenters. The van der Waals surface area contributed by atoms with E-state index in [0.29, 0.717) is 18.5 Å². The number of unbranched alkanes of at least 4 members (excludes halogenated alkanes) is 1. The van der Waals surface area contributed by atoms with E-state index in [0.717, 1.165) is 29.1 Å². The fourth-order valence-corrected chi connectivity index (χ4v) is 4.38. The zero-order chi connectivity index (χ0) is 25.8. The number of aryl methyl sites for hydroxylation is 2. The topological polar surface area (TPSA) is 106 Å². The third kappa shape index (κ3) is 4.88. The van der Waals surface area contributed by atoms with Crippen LogP contribution in [0.25, 0.3) is 5.69 Å². The quantitative estimate of drug-likeness (QED) is 0.391. The number of carbonyl (C=O) groups is 1. The second-order valence-electron chi connectivity index (χ2n) is 8.87. The van der Waals surface area contributed by atoms with E-state index in [1.54, 1.807) is 12.1 Å². The molecule has 8 heteroatoms. The molecular weight excluding hydrogens is 454 g/mol. The molecule has 4 rings (SSSR count). The van der Waals surface area contributed by atoms with Crippen molar-refractivity contribution in [3.63, 3.8) is 0 Å². The molecule has 2 heterocycles. The zero-order valence-electron chi connectivity index (χ0n) is 20.8. The molecule has 0 aliphatic heterocycles. The molecule has 3 N–H and O–H groups in total. The monoisotopic (exact) mass is 485 g/mol. The maximum Gasteiger partial charge on any atom is 0.330 e.